The molecule has 2 N–H and O–H groups in total. The number of halogens is 1. The first-order valence-corrected chi connectivity index (χ1v) is 9.25. The monoisotopic (exact) mass is 425 g/mol. The van der Waals surface area contributed by atoms with Crippen molar-refractivity contribution in [3.8, 4) is 6.07 Å². The van der Waals surface area contributed by atoms with Crippen molar-refractivity contribution in [3.05, 3.63) is 91.8 Å². The van der Waals surface area contributed by atoms with Gasteiger partial charge in [-0.2, -0.15) is 5.26 Å². The van der Waals surface area contributed by atoms with Crippen LogP contribution < -0.4 is 5.73 Å². The number of nitriles is 1. The van der Waals surface area contributed by atoms with E-state index in [4.69, 9.17) is 26.8 Å². The number of nitro groups is 1. The Labute approximate surface area is 176 Å². The van der Waals surface area contributed by atoms with Crippen LogP contribution in [-0.4, -0.2) is 17.5 Å². The van der Waals surface area contributed by atoms with Crippen LogP contribution in [0.4, 0.5) is 5.69 Å². The normalized spacial score (nSPS) is 16.0. The molecule has 0 aromatic heterocycles. The highest BCUT2D eigenvalue weighted by atomic mass is 35.5. The average molecular weight is 426 g/mol. The van der Waals surface area contributed by atoms with Crippen LogP contribution in [0.1, 0.15) is 24.0 Å². The molecule has 0 amide bonds. The molecular formula is C21H16ClN3O5. The van der Waals surface area contributed by atoms with Gasteiger partial charge in [-0.15, -0.1) is 0 Å². The second-order valence-corrected chi connectivity index (χ2v) is 6.63. The average Bonchev–Trinajstić information content (AvgIpc) is 2.74. The number of esters is 1. The molecule has 0 radical (unpaired) electrons. The Kier molecular flexibility index (Phi) is 6.04. The van der Waals surface area contributed by atoms with Crippen molar-refractivity contribution >= 4 is 29.0 Å². The molecule has 1 aliphatic rings. The van der Waals surface area contributed by atoms with Crippen LogP contribution >= 0.6 is 11.6 Å². The highest BCUT2D eigenvalue weighted by Crippen LogP contribution is 2.44. The van der Waals surface area contributed by atoms with E-state index in [1.165, 1.54) is 18.2 Å². The van der Waals surface area contributed by atoms with Crippen molar-refractivity contribution in [1.29, 1.82) is 5.26 Å². The topological polar surface area (TPSA) is 128 Å². The molecule has 0 unspecified atom stereocenters. The molecule has 1 atom stereocenters. The third kappa shape index (κ3) is 3.83. The third-order valence-corrected chi connectivity index (χ3v) is 4.77. The number of benzene rings is 2. The van der Waals surface area contributed by atoms with E-state index in [1.54, 1.807) is 37.3 Å². The highest BCUT2D eigenvalue weighted by molar-refractivity contribution is 6.32. The van der Waals surface area contributed by atoms with Crippen LogP contribution in [0.2, 0.25) is 5.02 Å². The van der Waals surface area contributed by atoms with Crippen molar-refractivity contribution in [1.82, 2.24) is 0 Å². The van der Waals surface area contributed by atoms with Crippen LogP contribution in [0.15, 0.2) is 65.6 Å². The Balaban J connectivity index is 2.32. The van der Waals surface area contributed by atoms with Gasteiger partial charge >= 0.3 is 5.97 Å². The molecule has 0 bridgehead atoms. The number of nitrogens with two attached hydrogens (primary N) is 1. The number of carbonyl (C=O) groups excluding carboxylic acids is 1. The first kappa shape index (κ1) is 20.9. The SMILES string of the molecule is CCOC(=O)C1=C(c2ccccc2)OC(N)=C(C#N)[C@H]1c1ccc(Cl)c([N+](=O)[O-])c1. The predicted octanol–water partition coefficient (Wildman–Crippen LogP) is 4.03. The molecule has 8 nitrogen and oxygen atoms in total. The van der Waals surface area contributed by atoms with Crippen LogP contribution in [-0.2, 0) is 14.3 Å². The number of hydrogen-bond donors (Lipinski definition) is 1. The first-order valence-electron chi connectivity index (χ1n) is 8.87. The molecule has 2 aromatic carbocycles. The van der Waals surface area contributed by atoms with Crippen LogP contribution in [0.5, 0.6) is 0 Å². The molecule has 0 spiro atoms. The van der Waals surface area contributed by atoms with E-state index < -0.39 is 16.8 Å². The molecule has 0 saturated carbocycles. The lowest BCUT2D eigenvalue weighted by atomic mass is 9.82. The fraction of sp³-hybridized carbons (Fsp3) is 0.143. The fourth-order valence-electron chi connectivity index (χ4n) is 3.16. The van der Waals surface area contributed by atoms with Crippen molar-refractivity contribution in [2.45, 2.75) is 12.8 Å². The van der Waals surface area contributed by atoms with Gasteiger partial charge in [0.25, 0.3) is 5.69 Å². The molecule has 1 aliphatic heterocycles. The number of rotatable bonds is 5. The van der Waals surface area contributed by atoms with E-state index in [1.807, 2.05) is 6.07 Å². The van der Waals surface area contributed by atoms with E-state index in [0.717, 1.165) is 0 Å². The second-order valence-electron chi connectivity index (χ2n) is 6.22. The predicted molar refractivity (Wildman–Crippen MR) is 109 cm³/mol. The minimum atomic E-state index is -1.03. The van der Waals surface area contributed by atoms with E-state index in [9.17, 15) is 20.2 Å². The van der Waals surface area contributed by atoms with Gasteiger partial charge in [0.2, 0.25) is 5.88 Å². The Morgan fingerprint density at radius 2 is 2.03 bits per heavy atom. The summed E-state index contributed by atoms with van der Waals surface area (Å²) in [4.78, 5) is 23.7. The quantitative estimate of drug-likeness (QED) is 0.435. The van der Waals surface area contributed by atoms with Gasteiger partial charge < -0.3 is 15.2 Å². The molecule has 152 valence electrons. The summed E-state index contributed by atoms with van der Waals surface area (Å²) in [7, 11) is 0. The molecular weight excluding hydrogens is 410 g/mol. The number of allylic oxidation sites excluding steroid dienone is 1. The first-order chi connectivity index (χ1) is 14.4. The lowest BCUT2D eigenvalue weighted by Crippen LogP contribution is -2.26. The van der Waals surface area contributed by atoms with Gasteiger partial charge in [-0.1, -0.05) is 48.0 Å². The largest absolute Gasteiger partial charge is 0.463 e. The summed E-state index contributed by atoms with van der Waals surface area (Å²) in [5, 5.41) is 21.0. The molecule has 0 fully saturated rings. The zero-order chi connectivity index (χ0) is 21.8. The van der Waals surface area contributed by atoms with Crippen molar-refractivity contribution in [3.63, 3.8) is 0 Å². The van der Waals surface area contributed by atoms with Gasteiger partial charge in [-0.3, -0.25) is 10.1 Å². The van der Waals surface area contributed by atoms with Gasteiger partial charge in [0.15, 0.2) is 0 Å². The van der Waals surface area contributed by atoms with Crippen molar-refractivity contribution < 1.29 is 19.2 Å². The maximum Gasteiger partial charge on any atom is 0.338 e. The molecule has 9 heteroatoms. The molecule has 0 aliphatic carbocycles. The van der Waals surface area contributed by atoms with E-state index in [0.29, 0.717) is 5.56 Å². The summed E-state index contributed by atoms with van der Waals surface area (Å²) in [6, 6.07) is 14.7. The van der Waals surface area contributed by atoms with Gasteiger partial charge in [0.1, 0.15) is 22.4 Å². The molecule has 30 heavy (non-hydrogen) atoms. The Bertz CT molecular complexity index is 1120. The summed E-state index contributed by atoms with van der Waals surface area (Å²) in [6.45, 7) is 1.72. The summed E-state index contributed by atoms with van der Waals surface area (Å²) in [5.41, 5.74) is 6.41. The minimum Gasteiger partial charge on any atom is -0.463 e. The molecule has 0 saturated heterocycles. The number of nitrogens with zero attached hydrogens (tertiary/aromatic N) is 2. The Hall–Kier alpha value is -3.83. The number of nitro benzene ring substituents is 1. The van der Waals surface area contributed by atoms with Crippen LogP contribution in [0, 0.1) is 21.4 Å². The van der Waals surface area contributed by atoms with Crippen molar-refractivity contribution in [2.75, 3.05) is 6.61 Å². The summed E-state index contributed by atoms with van der Waals surface area (Å²) < 4.78 is 10.9. The maximum atomic E-state index is 12.9. The third-order valence-electron chi connectivity index (χ3n) is 4.45. The molecule has 3 rings (SSSR count). The zero-order valence-corrected chi connectivity index (χ0v) is 16.6. The maximum absolute atomic E-state index is 12.9. The fourth-order valence-corrected chi connectivity index (χ4v) is 3.35. The molecule has 1 heterocycles. The van der Waals surface area contributed by atoms with Gasteiger partial charge in [0, 0.05) is 11.6 Å². The standard InChI is InChI=1S/C21H16ClN3O5/c1-2-29-21(26)18-17(13-8-9-15(22)16(10-13)25(27)28)14(11-23)20(24)30-19(18)12-6-4-3-5-7-12/h3-10,17H,2,24H2,1H3/t17-/m1/s1. The van der Waals surface area contributed by atoms with Gasteiger partial charge in [-0.05, 0) is 18.6 Å². The van der Waals surface area contributed by atoms with Gasteiger partial charge in [0.05, 0.1) is 23.0 Å². The van der Waals surface area contributed by atoms with E-state index in [2.05, 4.69) is 0 Å². The number of ether oxygens (including phenoxy) is 2. The lowest BCUT2D eigenvalue weighted by Gasteiger charge is -2.28. The minimum absolute atomic E-state index is 0.0189. The van der Waals surface area contributed by atoms with E-state index >= 15 is 0 Å². The lowest BCUT2D eigenvalue weighted by molar-refractivity contribution is -0.384. The zero-order valence-electron chi connectivity index (χ0n) is 15.8. The van der Waals surface area contributed by atoms with Crippen molar-refractivity contribution in [2.24, 2.45) is 5.73 Å². The number of hydrogen-bond acceptors (Lipinski definition) is 7. The van der Waals surface area contributed by atoms with Crippen LogP contribution in [0.3, 0.4) is 0 Å². The van der Waals surface area contributed by atoms with E-state index in [-0.39, 0.29) is 45.7 Å². The highest BCUT2D eigenvalue weighted by Gasteiger charge is 2.39. The van der Waals surface area contributed by atoms with Gasteiger partial charge in [-0.25, -0.2) is 4.79 Å². The smallest absolute Gasteiger partial charge is 0.338 e. The summed E-state index contributed by atoms with van der Waals surface area (Å²) >= 11 is 5.93. The second kappa shape index (κ2) is 8.68. The summed E-state index contributed by atoms with van der Waals surface area (Å²) in [5.74, 6) is -1.84. The summed E-state index contributed by atoms with van der Waals surface area (Å²) in [6.07, 6.45) is 0. The number of carbonyl (C=O) groups is 1. The Morgan fingerprint density at radius 3 is 2.63 bits per heavy atom. The van der Waals surface area contributed by atoms with Crippen LogP contribution in [0.25, 0.3) is 5.76 Å². The molecule has 2 aromatic rings. The Morgan fingerprint density at radius 1 is 1.33 bits per heavy atom.